The van der Waals surface area contributed by atoms with Gasteiger partial charge in [-0.05, 0) is 37.7 Å². The Labute approximate surface area is 120 Å². The van der Waals surface area contributed by atoms with Crippen molar-refractivity contribution in [2.24, 2.45) is 0 Å². The fraction of sp³-hybridized carbons (Fsp3) is 0.375. The Morgan fingerprint density at radius 3 is 2.55 bits per heavy atom. The van der Waals surface area contributed by atoms with E-state index in [0.717, 1.165) is 18.0 Å². The largest absolute Gasteiger partial charge is 0.437 e. The van der Waals surface area contributed by atoms with Gasteiger partial charge in [-0.15, -0.1) is 0 Å². The van der Waals surface area contributed by atoms with Gasteiger partial charge in [-0.3, -0.25) is 4.98 Å². The van der Waals surface area contributed by atoms with Crippen LogP contribution in [0.3, 0.4) is 0 Å². The van der Waals surface area contributed by atoms with E-state index in [0.29, 0.717) is 11.8 Å². The van der Waals surface area contributed by atoms with Crippen LogP contribution in [0.15, 0.2) is 36.7 Å². The highest BCUT2D eigenvalue weighted by Gasteiger charge is 2.04. The van der Waals surface area contributed by atoms with E-state index in [2.05, 4.69) is 34.8 Å². The lowest BCUT2D eigenvalue weighted by Gasteiger charge is -2.10. The summed E-state index contributed by atoms with van der Waals surface area (Å²) in [4.78, 5) is 10.7. The molecule has 0 atom stereocenters. The first kappa shape index (κ1) is 14.5. The number of hydrogen-bond donors (Lipinski definition) is 0. The van der Waals surface area contributed by atoms with Gasteiger partial charge in [-0.1, -0.05) is 26.0 Å². The molecule has 0 unspecified atom stereocenters. The molecule has 0 aliphatic heterocycles. The smallest absolute Gasteiger partial charge is 0.237 e. The van der Waals surface area contributed by atoms with E-state index in [1.54, 1.807) is 12.4 Å². The highest BCUT2D eigenvalue weighted by atomic mass is 16.5. The number of rotatable bonds is 5. The van der Waals surface area contributed by atoms with Gasteiger partial charge in [-0.2, -0.15) is 0 Å². The van der Waals surface area contributed by atoms with Gasteiger partial charge in [0.1, 0.15) is 5.75 Å². The molecule has 1 aromatic carbocycles. The number of aromatic nitrogens is 2. The second-order valence-electron chi connectivity index (χ2n) is 5.41. The molecule has 20 heavy (non-hydrogen) atoms. The topological polar surface area (TPSA) is 38.2 Å². The quantitative estimate of drug-likeness (QED) is 0.834. The van der Waals surface area contributed by atoms with E-state index in [9.17, 15) is 0 Å². The normalized spacial score (nSPS) is 11.1. The molecule has 4 nitrogen and oxygen atoms in total. The Morgan fingerprint density at radius 1 is 1.15 bits per heavy atom. The number of hydrogen-bond acceptors (Lipinski definition) is 4. The van der Waals surface area contributed by atoms with Gasteiger partial charge in [0.05, 0.1) is 18.1 Å². The van der Waals surface area contributed by atoms with Crippen LogP contribution in [0, 0.1) is 0 Å². The lowest BCUT2D eigenvalue weighted by atomic mass is 10.0. The third-order valence-corrected chi connectivity index (χ3v) is 2.91. The summed E-state index contributed by atoms with van der Waals surface area (Å²) in [5.41, 5.74) is 2.18. The summed E-state index contributed by atoms with van der Waals surface area (Å²) >= 11 is 0. The van der Waals surface area contributed by atoms with Crippen LogP contribution in [0.5, 0.6) is 11.6 Å². The highest BCUT2D eigenvalue weighted by Crippen LogP contribution is 2.23. The Hall–Kier alpha value is -1.94. The molecule has 0 bridgehead atoms. The van der Waals surface area contributed by atoms with Gasteiger partial charge >= 0.3 is 0 Å². The minimum atomic E-state index is 0.479. The molecule has 1 aromatic heterocycles. The van der Waals surface area contributed by atoms with Crippen LogP contribution in [0.2, 0.25) is 0 Å². The van der Waals surface area contributed by atoms with Crippen molar-refractivity contribution in [2.75, 3.05) is 14.1 Å². The average molecular weight is 271 g/mol. The lowest BCUT2D eigenvalue weighted by molar-refractivity contribution is 0.393. The molecule has 0 saturated carbocycles. The van der Waals surface area contributed by atoms with Crippen LogP contribution in [-0.4, -0.2) is 29.0 Å². The second-order valence-corrected chi connectivity index (χ2v) is 5.41. The van der Waals surface area contributed by atoms with Crippen molar-refractivity contribution in [1.82, 2.24) is 14.9 Å². The van der Waals surface area contributed by atoms with Gasteiger partial charge in [-0.25, -0.2) is 4.98 Å². The molecule has 0 aliphatic carbocycles. The summed E-state index contributed by atoms with van der Waals surface area (Å²) in [5, 5.41) is 0. The first-order valence-electron chi connectivity index (χ1n) is 6.78. The zero-order chi connectivity index (χ0) is 14.5. The third-order valence-electron chi connectivity index (χ3n) is 2.91. The van der Waals surface area contributed by atoms with Crippen molar-refractivity contribution in [1.29, 1.82) is 0 Å². The SMILES string of the molecule is CC(C)c1cccc(Oc2cnc(CN(C)C)cn2)c1. The second kappa shape index (κ2) is 6.48. The van der Waals surface area contributed by atoms with E-state index >= 15 is 0 Å². The molecule has 0 fully saturated rings. The molecule has 0 aliphatic rings. The molecule has 0 saturated heterocycles. The highest BCUT2D eigenvalue weighted by molar-refractivity contribution is 5.32. The van der Waals surface area contributed by atoms with E-state index in [-0.39, 0.29) is 0 Å². The summed E-state index contributed by atoms with van der Waals surface area (Å²) in [6, 6.07) is 8.07. The lowest BCUT2D eigenvalue weighted by Crippen LogP contribution is -2.12. The van der Waals surface area contributed by atoms with Crippen molar-refractivity contribution in [3.05, 3.63) is 47.9 Å². The summed E-state index contributed by atoms with van der Waals surface area (Å²) in [7, 11) is 4.01. The molecule has 0 N–H and O–H groups in total. The summed E-state index contributed by atoms with van der Waals surface area (Å²) in [6.45, 7) is 5.10. The minimum Gasteiger partial charge on any atom is -0.437 e. The van der Waals surface area contributed by atoms with Crippen LogP contribution < -0.4 is 4.74 Å². The van der Waals surface area contributed by atoms with Crippen LogP contribution in [0.25, 0.3) is 0 Å². The van der Waals surface area contributed by atoms with E-state index in [1.807, 2.05) is 32.3 Å². The van der Waals surface area contributed by atoms with E-state index < -0.39 is 0 Å². The molecule has 106 valence electrons. The molecule has 2 rings (SSSR count). The molecule has 1 heterocycles. The Bertz CT molecular complexity index is 550. The molecular weight excluding hydrogens is 250 g/mol. The van der Waals surface area contributed by atoms with Crippen molar-refractivity contribution < 1.29 is 4.74 Å². The summed E-state index contributed by atoms with van der Waals surface area (Å²) < 4.78 is 5.74. The van der Waals surface area contributed by atoms with Gasteiger partial charge in [0.15, 0.2) is 0 Å². The fourth-order valence-corrected chi connectivity index (χ4v) is 1.86. The molecule has 0 spiro atoms. The fourth-order valence-electron chi connectivity index (χ4n) is 1.86. The van der Waals surface area contributed by atoms with Crippen LogP contribution in [0.4, 0.5) is 0 Å². The molecule has 2 aromatic rings. The number of nitrogens with zero attached hydrogens (tertiary/aromatic N) is 3. The monoisotopic (exact) mass is 271 g/mol. The standard InChI is InChI=1S/C16H21N3O/c1-12(2)13-6-5-7-15(8-13)20-16-10-17-14(9-18-16)11-19(3)4/h5-10,12H,11H2,1-4H3. The molecule has 0 radical (unpaired) electrons. The van der Waals surface area contributed by atoms with Crippen molar-refractivity contribution in [3.8, 4) is 11.6 Å². The van der Waals surface area contributed by atoms with Gasteiger partial charge in [0.25, 0.3) is 0 Å². The maximum Gasteiger partial charge on any atom is 0.237 e. The predicted molar refractivity (Wildman–Crippen MR) is 80.0 cm³/mol. The summed E-state index contributed by atoms with van der Waals surface area (Å²) in [6.07, 6.45) is 3.42. The first-order valence-corrected chi connectivity index (χ1v) is 6.78. The van der Waals surface area contributed by atoms with Crippen molar-refractivity contribution >= 4 is 0 Å². The summed E-state index contributed by atoms with van der Waals surface area (Å²) in [5.74, 6) is 1.80. The molecule has 0 amide bonds. The third kappa shape index (κ3) is 4.03. The number of benzene rings is 1. The van der Waals surface area contributed by atoms with Crippen molar-refractivity contribution in [3.63, 3.8) is 0 Å². The predicted octanol–water partition coefficient (Wildman–Crippen LogP) is 3.45. The molecular formula is C16H21N3O. The average Bonchev–Trinajstić information content (AvgIpc) is 2.41. The minimum absolute atomic E-state index is 0.479. The Kier molecular flexibility index (Phi) is 4.69. The Morgan fingerprint density at radius 2 is 1.95 bits per heavy atom. The maximum atomic E-state index is 5.74. The zero-order valence-corrected chi connectivity index (χ0v) is 12.5. The van der Waals surface area contributed by atoms with Crippen LogP contribution in [-0.2, 0) is 6.54 Å². The Balaban J connectivity index is 2.08. The molecule has 4 heteroatoms. The van der Waals surface area contributed by atoms with Gasteiger partial charge in [0, 0.05) is 6.54 Å². The van der Waals surface area contributed by atoms with E-state index in [1.165, 1.54) is 5.56 Å². The van der Waals surface area contributed by atoms with Crippen LogP contribution in [0.1, 0.15) is 31.0 Å². The van der Waals surface area contributed by atoms with Gasteiger partial charge in [0.2, 0.25) is 5.88 Å². The number of ether oxygens (including phenoxy) is 1. The first-order chi connectivity index (χ1) is 9.54. The zero-order valence-electron chi connectivity index (χ0n) is 12.5. The van der Waals surface area contributed by atoms with Gasteiger partial charge < -0.3 is 9.64 Å². The van der Waals surface area contributed by atoms with E-state index in [4.69, 9.17) is 4.74 Å². The van der Waals surface area contributed by atoms with Crippen molar-refractivity contribution in [2.45, 2.75) is 26.3 Å². The van der Waals surface area contributed by atoms with Crippen LogP contribution >= 0.6 is 0 Å². The maximum absolute atomic E-state index is 5.74.